The molecule has 0 aromatic carbocycles. The summed E-state index contributed by atoms with van der Waals surface area (Å²) < 4.78 is 7.08. The van der Waals surface area contributed by atoms with E-state index in [1.165, 1.54) is 166 Å². The predicted octanol–water partition coefficient (Wildman–Crippen LogP) is 12.5. The minimum atomic E-state index is -2.55. The van der Waals surface area contributed by atoms with E-state index in [-0.39, 0.29) is 5.97 Å². The van der Waals surface area contributed by atoms with Gasteiger partial charge in [-0.25, -0.2) is 0 Å². The molecular formula is C34H71O2P. The molecule has 0 rings (SSSR count). The summed E-state index contributed by atoms with van der Waals surface area (Å²) in [6.07, 6.45) is 35.0. The molecule has 0 unspecified atom stereocenters. The first kappa shape index (κ1) is 36.9. The van der Waals surface area contributed by atoms with Crippen LogP contribution in [0.1, 0.15) is 189 Å². The van der Waals surface area contributed by atoms with Gasteiger partial charge in [0, 0.05) is 0 Å². The van der Waals surface area contributed by atoms with E-state index in [4.69, 9.17) is 4.52 Å². The van der Waals surface area contributed by atoms with Crippen molar-refractivity contribution in [3.8, 4) is 0 Å². The first-order valence-corrected chi connectivity index (χ1v) is 20.1. The van der Waals surface area contributed by atoms with Crippen molar-refractivity contribution in [2.24, 2.45) is 0 Å². The third-order valence-electron chi connectivity index (χ3n) is 8.65. The van der Waals surface area contributed by atoms with E-state index in [2.05, 4.69) is 34.6 Å². The Morgan fingerprint density at radius 1 is 0.405 bits per heavy atom. The van der Waals surface area contributed by atoms with Crippen molar-refractivity contribution in [2.75, 3.05) is 24.6 Å². The molecule has 0 saturated heterocycles. The molecule has 0 amide bonds. The monoisotopic (exact) mass is 543 g/mol. The molecule has 0 spiro atoms. The van der Waals surface area contributed by atoms with Gasteiger partial charge in [0.15, 0.2) is 0 Å². The predicted molar refractivity (Wildman–Crippen MR) is 172 cm³/mol. The molecule has 2 nitrogen and oxygen atoms in total. The average molecular weight is 543 g/mol. The molecule has 0 aromatic heterocycles. The molecule has 0 atom stereocenters. The quantitative estimate of drug-likeness (QED) is 0.0694. The van der Waals surface area contributed by atoms with Crippen molar-refractivity contribution >= 4 is 12.8 Å². The van der Waals surface area contributed by atoms with Gasteiger partial charge in [-0.1, -0.05) is 0 Å². The molecule has 0 saturated carbocycles. The number of carbonyl (C=O) groups is 1. The molecule has 0 aliphatic heterocycles. The van der Waals surface area contributed by atoms with Crippen LogP contribution in [-0.4, -0.2) is 30.6 Å². The first-order chi connectivity index (χ1) is 18.0. The van der Waals surface area contributed by atoms with E-state index in [9.17, 15) is 4.79 Å². The molecule has 0 radical (unpaired) electrons. The van der Waals surface area contributed by atoms with Gasteiger partial charge in [-0.3, -0.25) is 0 Å². The van der Waals surface area contributed by atoms with Gasteiger partial charge in [0.1, 0.15) is 0 Å². The van der Waals surface area contributed by atoms with Gasteiger partial charge >= 0.3 is 235 Å². The van der Waals surface area contributed by atoms with Crippen molar-refractivity contribution in [3.63, 3.8) is 0 Å². The Hall–Kier alpha value is -0.100. The summed E-state index contributed by atoms with van der Waals surface area (Å²) in [5.41, 5.74) is 0. The second-order valence-electron chi connectivity index (χ2n) is 12.3. The Kier molecular flexibility index (Phi) is 24.8. The third kappa shape index (κ3) is 18.8. The molecule has 0 aliphatic rings. The number of hydrogen-bond acceptors (Lipinski definition) is 2. The Morgan fingerprint density at radius 2 is 0.676 bits per heavy atom. The molecule has 0 heterocycles. The van der Waals surface area contributed by atoms with Crippen LogP contribution in [0.3, 0.4) is 0 Å². The van der Waals surface area contributed by atoms with Gasteiger partial charge in [-0.2, -0.15) is 0 Å². The Labute approximate surface area is 235 Å². The van der Waals surface area contributed by atoms with Crippen molar-refractivity contribution < 1.29 is 9.32 Å². The van der Waals surface area contributed by atoms with Crippen molar-refractivity contribution in [1.29, 1.82) is 0 Å². The SMILES string of the molecule is CCCCCCCCCC(=O)OP(CCCCCC)(CCCCCC)(CCCCCC)CCCCCC. The van der Waals surface area contributed by atoms with Crippen LogP contribution < -0.4 is 0 Å². The molecule has 0 aromatic rings. The fraction of sp³-hybridized carbons (Fsp3) is 0.971. The number of rotatable bonds is 29. The zero-order valence-corrected chi connectivity index (χ0v) is 27.5. The summed E-state index contributed by atoms with van der Waals surface area (Å²) >= 11 is 0. The Balaban J connectivity index is 5.66. The molecule has 0 fully saturated rings. The van der Waals surface area contributed by atoms with Crippen molar-refractivity contribution in [3.05, 3.63) is 0 Å². The molecule has 224 valence electrons. The van der Waals surface area contributed by atoms with Gasteiger partial charge < -0.3 is 0 Å². The molecular weight excluding hydrogens is 471 g/mol. The summed E-state index contributed by atoms with van der Waals surface area (Å²) in [6.45, 7) is 8.96. The zero-order chi connectivity index (χ0) is 27.5. The van der Waals surface area contributed by atoms with Crippen LogP contribution in [0, 0.1) is 0 Å². The van der Waals surface area contributed by atoms with Crippen LogP contribution in [0.2, 0.25) is 0 Å². The summed E-state index contributed by atoms with van der Waals surface area (Å²) in [5.74, 6) is 0.170. The van der Waals surface area contributed by atoms with E-state index < -0.39 is 6.83 Å². The molecule has 0 bridgehead atoms. The fourth-order valence-corrected chi connectivity index (χ4v) is 12.6. The molecule has 37 heavy (non-hydrogen) atoms. The summed E-state index contributed by atoms with van der Waals surface area (Å²) in [7, 11) is 0. The van der Waals surface area contributed by atoms with Gasteiger partial charge in [0.25, 0.3) is 0 Å². The molecule has 0 N–H and O–H groups in total. The Morgan fingerprint density at radius 3 is 1.00 bits per heavy atom. The fourth-order valence-electron chi connectivity index (χ4n) is 6.17. The topological polar surface area (TPSA) is 26.3 Å². The first-order valence-electron chi connectivity index (χ1n) is 17.2. The van der Waals surface area contributed by atoms with Gasteiger partial charge in [-0.15, -0.1) is 0 Å². The van der Waals surface area contributed by atoms with Crippen LogP contribution in [0.25, 0.3) is 0 Å². The maximum absolute atomic E-state index is 13.6. The molecule has 3 heteroatoms. The van der Waals surface area contributed by atoms with Crippen LogP contribution in [0.4, 0.5) is 0 Å². The zero-order valence-electron chi connectivity index (χ0n) is 26.6. The normalized spacial score (nSPS) is 12.9. The summed E-state index contributed by atoms with van der Waals surface area (Å²) in [6, 6.07) is 0. The van der Waals surface area contributed by atoms with Crippen LogP contribution in [-0.2, 0) is 9.32 Å². The van der Waals surface area contributed by atoms with Gasteiger partial charge in [0.05, 0.1) is 0 Å². The van der Waals surface area contributed by atoms with Crippen molar-refractivity contribution in [1.82, 2.24) is 0 Å². The number of carbonyl (C=O) groups excluding carboxylic acids is 1. The third-order valence-corrected chi connectivity index (χ3v) is 15.2. The molecule has 0 aliphatic carbocycles. The van der Waals surface area contributed by atoms with E-state index in [0.29, 0.717) is 6.42 Å². The summed E-state index contributed by atoms with van der Waals surface area (Å²) in [4.78, 5) is 13.6. The maximum atomic E-state index is 13.6. The average Bonchev–Trinajstić information content (AvgIpc) is 2.90. The van der Waals surface area contributed by atoms with Crippen LogP contribution in [0.15, 0.2) is 0 Å². The van der Waals surface area contributed by atoms with Crippen LogP contribution in [0.5, 0.6) is 0 Å². The van der Waals surface area contributed by atoms with Crippen LogP contribution >= 0.6 is 6.83 Å². The van der Waals surface area contributed by atoms with Gasteiger partial charge in [0.2, 0.25) is 0 Å². The van der Waals surface area contributed by atoms with E-state index in [0.717, 1.165) is 6.42 Å². The van der Waals surface area contributed by atoms with E-state index in [1.54, 1.807) is 0 Å². The second-order valence-corrected chi connectivity index (χ2v) is 18.0. The van der Waals surface area contributed by atoms with E-state index >= 15 is 0 Å². The minimum absolute atomic E-state index is 0.170. The van der Waals surface area contributed by atoms with E-state index in [1.807, 2.05) is 0 Å². The standard InChI is InChI=1S/C34H71O2P/c1-6-11-16-21-22-23-24-29-34(35)36-37(30-25-17-12-7-2,31-26-18-13-8-3,32-27-19-14-9-4)33-28-20-15-10-5/h6-33H2,1-5H3. The summed E-state index contributed by atoms with van der Waals surface area (Å²) in [5, 5.41) is 0. The van der Waals surface area contributed by atoms with Gasteiger partial charge in [-0.05, 0) is 0 Å². The Bertz CT molecular complexity index is 445. The number of unbranched alkanes of at least 4 members (excludes halogenated alkanes) is 18. The van der Waals surface area contributed by atoms with Crippen molar-refractivity contribution in [2.45, 2.75) is 189 Å². The second kappa shape index (κ2) is 24.9. The number of hydrogen-bond donors (Lipinski definition) is 0.